The zero-order chi connectivity index (χ0) is 10.9. The number of benzene rings is 1. The first-order chi connectivity index (χ1) is 6.43. The van der Waals surface area contributed by atoms with Gasteiger partial charge in [0.05, 0.1) is 0 Å². The minimum atomic E-state index is -1.91. The van der Waals surface area contributed by atoms with E-state index in [9.17, 15) is 14.3 Å². The van der Waals surface area contributed by atoms with Crippen molar-refractivity contribution in [2.24, 2.45) is 0 Å². The van der Waals surface area contributed by atoms with Crippen molar-refractivity contribution in [3.8, 4) is 5.75 Å². The number of aliphatic hydroxyl groups excluding tert-OH is 1. The summed E-state index contributed by atoms with van der Waals surface area (Å²) in [7, 11) is 0. The number of aliphatic carboxylic acids is 1. The zero-order valence-corrected chi connectivity index (χ0v) is 7.36. The number of carboxylic acids is 1. The molecule has 1 atom stereocenters. The summed E-state index contributed by atoms with van der Waals surface area (Å²) in [5.74, 6) is -2.64. The van der Waals surface area contributed by atoms with E-state index >= 15 is 0 Å². The van der Waals surface area contributed by atoms with Crippen molar-refractivity contribution in [1.29, 1.82) is 0 Å². The van der Waals surface area contributed by atoms with E-state index in [1.54, 1.807) is 0 Å². The van der Waals surface area contributed by atoms with E-state index in [4.69, 9.17) is 10.2 Å². The van der Waals surface area contributed by atoms with Crippen molar-refractivity contribution in [3.63, 3.8) is 0 Å². The Morgan fingerprint density at radius 1 is 1.50 bits per heavy atom. The van der Waals surface area contributed by atoms with E-state index in [2.05, 4.69) is 0 Å². The molecule has 1 rings (SSSR count). The maximum Gasteiger partial charge on any atom is 0.337 e. The SMILES string of the molecule is Cc1cc(O)c(C(O)C(=O)O)cc1F. The van der Waals surface area contributed by atoms with Gasteiger partial charge in [-0.15, -0.1) is 0 Å². The van der Waals surface area contributed by atoms with Gasteiger partial charge in [0.25, 0.3) is 0 Å². The summed E-state index contributed by atoms with van der Waals surface area (Å²) in [5.41, 5.74) is -0.163. The molecular weight excluding hydrogens is 191 g/mol. The second-order valence-electron chi connectivity index (χ2n) is 2.90. The van der Waals surface area contributed by atoms with Gasteiger partial charge in [0.1, 0.15) is 11.6 Å². The van der Waals surface area contributed by atoms with Crippen LogP contribution in [0, 0.1) is 12.7 Å². The van der Waals surface area contributed by atoms with E-state index in [-0.39, 0.29) is 11.1 Å². The molecule has 14 heavy (non-hydrogen) atoms. The van der Waals surface area contributed by atoms with Crippen LogP contribution in [0.1, 0.15) is 17.2 Å². The van der Waals surface area contributed by atoms with Gasteiger partial charge in [0, 0.05) is 5.56 Å². The van der Waals surface area contributed by atoms with E-state index in [1.165, 1.54) is 6.92 Å². The Morgan fingerprint density at radius 3 is 2.57 bits per heavy atom. The number of carboxylic acid groups (broad SMARTS) is 1. The Hall–Kier alpha value is -1.62. The Balaban J connectivity index is 3.22. The Bertz CT molecular complexity index is 375. The van der Waals surface area contributed by atoms with E-state index in [0.717, 1.165) is 12.1 Å². The lowest BCUT2D eigenvalue weighted by Gasteiger charge is -2.09. The maximum absolute atomic E-state index is 13.0. The van der Waals surface area contributed by atoms with Crippen molar-refractivity contribution in [1.82, 2.24) is 0 Å². The van der Waals surface area contributed by atoms with Crippen LogP contribution in [0.15, 0.2) is 12.1 Å². The molecule has 0 saturated carbocycles. The smallest absolute Gasteiger partial charge is 0.337 e. The number of hydrogen-bond donors (Lipinski definition) is 3. The Kier molecular flexibility index (Phi) is 2.71. The normalized spacial score (nSPS) is 12.5. The van der Waals surface area contributed by atoms with Gasteiger partial charge in [-0.1, -0.05) is 0 Å². The van der Waals surface area contributed by atoms with Crippen LogP contribution in [0.5, 0.6) is 5.75 Å². The standard InChI is InChI=1S/C9H9FO4/c1-4-2-7(11)5(3-6(4)10)8(12)9(13)14/h2-3,8,11-12H,1H3,(H,13,14). The van der Waals surface area contributed by atoms with Crippen molar-refractivity contribution < 1.29 is 24.5 Å². The number of carbonyl (C=O) groups is 1. The maximum atomic E-state index is 13.0. The summed E-state index contributed by atoms with van der Waals surface area (Å²) in [5, 5.41) is 26.7. The molecule has 0 aliphatic carbocycles. The molecule has 76 valence electrons. The fourth-order valence-corrected chi connectivity index (χ4v) is 1.03. The van der Waals surface area contributed by atoms with Crippen LogP contribution in [-0.4, -0.2) is 21.3 Å². The lowest BCUT2D eigenvalue weighted by Crippen LogP contribution is -2.11. The highest BCUT2D eigenvalue weighted by Gasteiger charge is 2.20. The average Bonchev–Trinajstić information content (AvgIpc) is 2.10. The van der Waals surface area contributed by atoms with E-state index < -0.39 is 23.6 Å². The molecule has 0 fully saturated rings. The molecule has 0 heterocycles. The largest absolute Gasteiger partial charge is 0.508 e. The summed E-state index contributed by atoms with van der Waals surface area (Å²) >= 11 is 0. The lowest BCUT2D eigenvalue weighted by molar-refractivity contribution is -0.147. The minimum Gasteiger partial charge on any atom is -0.508 e. The third-order valence-electron chi connectivity index (χ3n) is 1.84. The highest BCUT2D eigenvalue weighted by molar-refractivity contribution is 5.75. The van der Waals surface area contributed by atoms with Crippen LogP contribution in [-0.2, 0) is 4.79 Å². The monoisotopic (exact) mass is 200 g/mol. The Labute approximate surface area is 79.2 Å². The summed E-state index contributed by atoms with van der Waals surface area (Å²) in [6.45, 7) is 1.42. The van der Waals surface area contributed by atoms with Crippen LogP contribution in [0.3, 0.4) is 0 Å². The van der Waals surface area contributed by atoms with Crippen molar-refractivity contribution >= 4 is 5.97 Å². The first-order valence-electron chi connectivity index (χ1n) is 3.83. The topological polar surface area (TPSA) is 77.8 Å². The number of halogens is 1. The number of phenols is 1. The number of phenolic OH excluding ortho intramolecular Hbond substituents is 1. The predicted octanol–water partition coefficient (Wildman–Crippen LogP) is 0.958. The van der Waals surface area contributed by atoms with Gasteiger partial charge >= 0.3 is 5.97 Å². The highest BCUT2D eigenvalue weighted by Crippen LogP contribution is 2.27. The lowest BCUT2D eigenvalue weighted by atomic mass is 10.1. The predicted molar refractivity (Wildman–Crippen MR) is 45.4 cm³/mol. The Morgan fingerprint density at radius 2 is 2.07 bits per heavy atom. The number of hydrogen-bond acceptors (Lipinski definition) is 3. The molecule has 1 aromatic carbocycles. The molecule has 0 aliphatic rings. The fraction of sp³-hybridized carbons (Fsp3) is 0.222. The quantitative estimate of drug-likeness (QED) is 0.664. The number of aliphatic hydroxyl groups is 1. The number of aromatic hydroxyl groups is 1. The van der Waals surface area contributed by atoms with Crippen LogP contribution in [0.2, 0.25) is 0 Å². The van der Waals surface area contributed by atoms with Gasteiger partial charge in [-0.2, -0.15) is 0 Å². The van der Waals surface area contributed by atoms with Crippen molar-refractivity contribution in [2.45, 2.75) is 13.0 Å². The van der Waals surface area contributed by atoms with Crippen LogP contribution >= 0.6 is 0 Å². The van der Waals surface area contributed by atoms with Gasteiger partial charge in [-0.05, 0) is 24.6 Å². The molecule has 3 N–H and O–H groups in total. The fourth-order valence-electron chi connectivity index (χ4n) is 1.03. The molecule has 4 nitrogen and oxygen atoms in total. The van der Waals surface area contributed by atoms with Gasteiger partial charge in [-0.3, -0.25) is 0 Å². The molecular formula is C9H9FO4. The second-order valence-corrected chi connectivity index (χ2v) is 2.90. The molecule has 0 spiro atoms. The minimum absolute atomic E-state index is 0.184. The molecule has 0 saturated heterocycles. The molecule has 1 aromatic rings. The van der Waals surface area contributed by atoms with Gasteiger partial charge in [-0.25, -0.2) is 9.18 Å². The van der Waals surface area contributed by atoms with Crippen LogP contribution in [0.4, 0.5) is 4.39 Å². The number of rotatable bonds is 2. The van der Waals surface area contributed by atoms with Gasteiger partial charge in [0.15, 0.2) is 6.10 Å². The van der Waals surface area contributed by atoms with E-state index in [1.807, 2.05) is 0 Å². The van der Waals surface area contributed by atoms with Crippen molar-refractivity contribution in [3.05, 3.63) is 29.1 Å². The third kappa shape index (κ3) is 1.82. The first kappa shape index (κ1) is 10.5. The van der Waals surface area contributed by atoms with Crippen molar-refractivity contribution in [2.75, 3.05) is 0 Å². The number of aryl methyl sites for hydroxylation is 1. The molecule has 1 unspecified atom stereocenters. The average molecular weight is 200 g/mol. The summed E-state index contributed by atoms with van der Waals surface area (Å²) in [6, 6.07) is 1.88. The summed E-state index contributed by atoms with van der Waals surface area (Å²) in [4.78, 5) is 10.4. The highest BCUT2D eigenvalue weighted by atomic mass is 19.1. The molecule has 0 aliphatic heterocycles. The van der Waals surface area contributed by atoms with Crippen LogP contribution < -0.4 is 0 Å². The van der Waals surface area contributed by atoms with Gasteiger partial charge < -0.3 is 15.3 Å². The summed E-state index contributed by atoms with van der Waals surface area (Å²) < 4.78 is 13.0. The molecule has 0 bridgehead atoms. The first-order valence-corrected chi connectivity index (χ1v) is 3.83. The van der Waals surface area contributed by atoms with E-state index in [0.29, 0.717) is 0 Å². The third-order valence-corrected chi connectivity index (χ3v) is 1.84. The molecule has 5 heteroatoms. The van der Waals surface area contributed by atoms with Gasteiger partial charge in [0.2, 0.25) is 0 Å². The van der Waals surface area contributed by atoms with Crippen LogP contribution in [0.25, 0.3) is 0 Å². The molecule has 0 aromatic heterocycles. The molecule has 0 amide bonds. The second kappa shape index (κ2) is 3.63. The zero-order valence-electron chi connectivity index (χ0n) is 7.36. The molecule has 0 radical (unpaired) electrons. The summed E-state index contributed by atoms with van der Waals surface area (Å²) in [6.07, 6.45) is -1.91.